The van der Waals surface area contributed by atoms with Crippen molar-refractivity contribution in [2.75, 3.05) is 7.05 Å². The Bertz CT molecular complexity index is 764. The highest BCUT2D eigenvalue weighted by Crippen LogP contribution is 2.31. The summed E-state index contributed by atoms with van der Waals surface area (Å²) in [6.07, 6.45) is 0. The highest BCUT2D eigenvalue weighted by Gasteiger charge is 2.02. The molecule has 0 aliphatic rings. The Kier molecular flexibility index (Phi) is 4.28. The zero-order valence-corrected chi connectivity index (χ0v) is 13.2. The fourth-order valence-corrected chi connectivity index (χ4v) is 3.45. The van der Waals surface area contributed by atoms with E-state index in [1.54, 1.807) is 0 Å². The summed E-state index contributed by atoms with van der Waals surface area (Å²) in [5.74, 6) is 0. The number of aryl methyl sites for hydroxylation is 1. The van der Waals surface area contributed by atoms with E-state index in [2.05, 4.69) is 72.9 Å². The monoisotopic (exact) mass is 293 g/mol. The SMILES string of the molecule is CNCc1ccc(Sc2ccc3ccccc3c2)cc1C. The Balaban J connectivity index is 1.86. The second-order valence-corrected chi connectivity index (χ2v) is 6.38. The van der Waals surface area contributed by atoms with Gasteiger partial charge in [0.25, 0.3) is 0 Å². The second kappa shape index (κ2) is 6.33. The molecule has 21 heavy (non-hydrogen) atoms. The number of fused-ring (bicyclic) bond motifs is 1. The van der Waals surface area contributed by atoms with Crippen LogP contribution in [0.25, 0.3) is 10.8 Å². The third-order valence-corrected chi connectivity index (χ3v) is 4.62. The normalized spacial score (nSPS) is 11.0. The summed E-state index contributed by atoms with van der Waals surface area (Å²) < 4.78 is 0. The molecule has 106 valence electrons. The Labute approximate surface area is 130 Å². The zero-order chi connectivity index (χ0) is 14.7. The van der Waals surface area contributed by atoms with Crippen molar-refractivity contribution in [1.29, 1.82) is 0 Å². The van der Waals surface area contributed by atoms with Crippen LogP contribution in [0.4, 0.5) is 0 Å². The van der Waals surface area contributed by atoms with E-state index in [4.69, 9.17) is 0 Å². The Morgan fingerprint density at radius 1 is 0.857 bits per heavy atom. The van der Waals surface area contributed by atoms with E-state index in [0.717, 1.165) is 6.54 Å². The zero-order valence-electron chi connectivity index (χ0n) is 12.4. The first-order valence-corrected chi connectivity index (χ1v) is 7.99. The van der Waals surface area contributed by atoms with Gasteiger partial charge in [-0.3, -0.25) is 0 Å². The molecule has 0 atom stereocenters. The summed E-state index contributed by atoms with van der Waals surface area (Å²) in [4.78, 5) is 2.58. The average molecular weight is 293 g/mol. The number of hydrogen-bond donors (Lipinski definition) is 1. The lowest BCUT2D eigenvalue weighted by atomic mass is 10.1. The summed E-state index contributed by atoms with van der Waals surface area (Å²) in [6, 6.07) is 21.8. The highest BCUT2D eigenvalue weighted by atomic mass is 32.2. The molecule has 1 N–H and O–H groups in total. The van der Waals surface area contributed by atoms with Crippen molar-refractivity contribution in [2.45, 2.75) is 23.3 Å². The Morgan fingerprint density at radius 3 is 2.33 bits per heavy atom. The van der Waals surface area contributed by atoms with Gasteiger partial charge in [-0.2, -0.15) is 0 Å². The predicted octanol–water partition coefficient (Wildman–Crippen LogP) is 5.02. The minimum Gasteiger partial charge on any atom is -0.316 e. The van der Waals surface area contributed by atoms with Crippen LogP contribution in [0.3, 0.4) is 0 Å². The molecule has 3 aromatic carbocycles. The van der Waals surface area contributed by atoms with E-state index in [0.29, 0.717) is 0 Å². The standard InChI is InChI=1S/C19H19NS/c1-14-11-18(10-8-17(14)13-20-2)21-19-9-7-15-5-3-4-6-16(15)12-19/h3-12,20H,13H2,1-2H3. The quantitative estimate of drug-likeness (QED) is 0.725. The molecule has 0 unspecified atom stereocenters. The lowest BCUT2D eigenvalue weighted by Crippen LogP contribution is -2.06. The third kappa shape index (κ3) is 3.29. The molecule has 0 saturated heterocycles. The van der Waals surface area contributed by atoms with Crippen LogP contribution < -0.4 is 5.32 Å². The van der Waals surface area contributed by atoms with Gasteiger partial charge in [0.15, 0.2) is 0 Å². The van der Waals surface area contributed by atoms with Gasteiger partial charge in [0.1, 0.15) is 0 Å². The van der Waals surface area contributed by atoms with Gasteiger partial charge in [-0.1, -0.05) is 48.2 Å². The van der Waals surface area contributed by atoms with Gasteiger partial charge in [0.05, 0.1) is 0 Å². The van der Waals surface area contributed by atoms with E-state index >= 15 is 0 Å². The Morgan fingerprint density at radius 2 is 1.57 bits per heavy atom. The lowest BCUT2D eigenvalue weighted by molar-refractivity contribution is 0.811. The van der Waals surface area contributed by atoms with Crippen molar-refractivity contribution in [3.05, 3.63) is 71.8 Å². The number of rotatable bonds is 4. The maximum Gasteiger partial charge on any atom is 0.0205 e. The molecule has 0 bridgehead atoms. The van der Waals surface area contributed by atoms with Crippen molar-refractivity contribution in [3.8, 4) is 0 Å². The molecule has 0 radical (unpaired) electrons. The molecule has 3 rings (SSSR count). The largest absolute Gasteiger partial charge is 0.316 e. The van der Waals surface area contributed by atoms with Crippen LogP contribution in [0.1, 0.15) is 11.1 Å². The first-order chi connectivity index (χ1) is 10.3. The van der Waals surface area contributed by atoms with Crippen molar-refractivity contribution in [1.82, 2.24) is 5.32 Å². The summed E-state index contributed by atoms with van der Waals surface area (Å²) in [6.45, 7) is 3.10. The molecule has 0 spiro atoms. The van der Waals surface area contributed by atoms with Crippen molar-refractivity contribution in [3.63, 3.8) is 0 Å². The maximum atomic E-state index is 3.21. The van der Waals surface area contributed by atoms with Crippen molar-refractivity contribution in [2.24, 2.45) is 0 Å². The molecule has 0 aromatic heterocycles. The van der Waals surface area contributed by atoms with Crippen LogP contribution in [0.15, 0.2) is 70.5 Å². The van der Waals surface area contributed by atoms with Crippen LogP contribution in [-0.2, 0) is 6.54 Å². The van der Waals surface area contributed by atoms with Gasteiger partial charge in [-0.25, -0.2) is 0 Å². The number of hydrogen-bond acceptors (Lipinski definition) is 2. The molecule has 0 heterocycles. The molecule has 0 amide bonds. The number of benzene rings is 3. The molecule has 0 saturated carbocycles. The van der Waals surface area contributed by atoms with Gasteiger partial charge in [0.2, 0.25) is 0 Å². The molecular formula is C19H19NS. The highest BCUT2D eigenvalue weighted by molar-refractivity contribution is 7.99. The summed E-state index contributed by atoms with van der Waals surface area (Å²) in [5.41, 5.74) is 2.70. The molecule has 2 heteroatoms. The molecular weight excluding hydrogens is 274 g/mol. The van der Waals surface area contributed by atoms with Gasteiger partial charge in [-0.05, 0) is 60.1 Å². The van der Waals surface area contributed by atoms with Crippen LogP contribution in [0, 0.1) is 6.92 Å². The van der Waals surface area contributed by atoms with Gasteiger partial charge < -0.3 is 5.32 Å². The molecule has 0 aliphatic heterocycles. The van der Waals surface area contributed by atoms with Gasteiger partial charge in [0, 0.05) is 16.3 Å². The fourth-order valence-electron chi connectivity index (χ4n) is 2.49. The fraction of sp³-hybridized carbons (Fsp3) is 0.158. The minimum atomic E-state index is 0.923. The van der Waals surface area contributed by atoms with Gasteiger partial charge >= 0.3 is 0 Å². The molecule has 0 aliphatic carbocycles. The van der Waals surface area contributed by atoms with E-state index in [9.17, 15) is 0 Å². The van der Waals surface area contributed by atoms with E-state index < -0.39 is 0 Å². The average Bonchev–Trinajstić information content (AvgIpc) is 2.50. The van der Waals surface area contributed by atoms with Crippen LogP contribution in [0.5, 0.6) is 0 Å². The first kappa shape index (κ1) is 14.2. The van der Waals surface area contributed by atoms with Crippen LogP contribution >= 0.6 is 11.8 Å². The van der Waals surface area contributed by atoms with E-state index in [-0.39, 0.29) is 0 Å². The molecule has 3 aromatic rings. The molecule has 1 nitrogen and oxygen atoms in total. The summed E-state index contributed by atoms with van der Waals surface area (Å²) >= 11 is 1.82. The van der Waals surface area contributed by atoms with Crippen molar-refractivity contribution < 1.29 is 0 Å². The lowest BCUT2D eigenvalue weighted by Gasteiger charge is -2.08. The topological polar surface area (TPSA) is 12.0 Å². The van der Waals surface area contributed by atoms with Crippen LogP contribution in [-0.4, -0.2) is 7.05 Å². The van der Waals surface area contributed by atoms with E-state index in [1.165, 1.54) is 31.7 Å². The number of nitrogens with one attached hydrogen (secondary N) is 1. The Hall–Kier alpha value is -1.77. The minimum absolute atomic E-state index is 0.923. The van der Waals surface area contributed by atoms with E-state index in [1.807, 2.05) is 18.8 Å². The smallest absolute Gasteiger partial charge is 0.0205 e. The maximum absolute atomic E-state index is 3.21. The van der Waals surface area contributed by atoms with Crippen LogP contribution in [0.2, 0.25) is 0 Å². The third-order valence-electron chi connectivity index (χ3n) is 3.64. The first-order valence-electron chi connectivity index (χ1n) is 7.17. The van der Waals surface area contributed by atoms with Crippen molar-refractivity contribution >= 4 is 22.5 Å². The summed E-state index contributed by atoms with van der Waals surface area (Å²) in [5, 5.41) is 5.80. The predicted molar refractivity (Wildman–Crippen MR) is 92.0 cm³/mol. The molecule has 0 fully saturated rings. The summed E-state index contributed by atoms with van der Waals surface area (Å²) in [7, 11) is 1.98. The second-order valence-electron chi connectivity index (χ2n) is 5.23. The van der Waals surface area contributed by atoms with Gasteiger partial charge in [-0.15, -0.1) is 0 Å².